The van der Waals surface area contributed by atoms with Gasteiger partial charge in [0.25, 0.3) is 5.91 Å². The molecule has 0 aliphatic carbocycles. The van der Waals surface area contributed by atoms with Crippen LogP contribution in [0.25, 0.3) is 21.9 Å². The molecule has 0 radical (unpaired) electrons. The average molecular weight is 374 g/mol. The highest BCUT2D eigenvalue weighted by atomic mass is 16.4. The van der Waals surface area contributed by atoms with E-state index in [4.69, 9.17) is 4.42 Å². The Morgan fingerprint density at radius 2 is 1.86 bits per heavy atom. The topological polar surface area (TPSA) is 66.3 Å². The number of amides is 1. The van der Waals surface area contributed by atoms with Crippen LogP contribution in [0.5, 0.6) is 0 Å². The quantitative estimate of drug-likeness (QED) is 0.528. The lowest BCUT2D eigenvalue weighted by Crippen LogP contribution is -2.40. The Morgan fingerprint density at radius 1 is 1.11 bits per heavy atom. The summed E-state index contributed by atoms with van der Waals surface area (Å²) in [5.41, 5.74) is 2.20. The molecule has 0 saturated heterocycles. The molecule has 2 aromatic carbocycles. The first-order valence-electron chi connectivity index (χ1n) is 9.43. The van der Waals surface area contributed by atoms with E-state index in [1.54, 1.807) is 23.1 Å². The minimum Gasteiger partial charge on any atom is -0.422 e. The maximum Gasteiger partial charge on any atom is 0.349 e. The number of H-pyrrole nitrogens is 1. The van der Waals surface area contributed by atoms with Crippen LogP contribution < -0.4 is 5.63 Å². The second-order valence-electron chi connectivity index (χ2n) is 7.19. The number of nitrogens with zero attached hydrogens (tertiary/aromatic N) is 1. The molecule has 1 N–H and O–H groups in total. The van der Waals surface area contributed by atoms with Crippen molar-refractivity contribution in [1.29, 1.82) is 0 Å². The molecule has 0 saturated carbocycles. The number of fused-ring (bicyclic) bond motifs is 2. The van der Waals surface area contributed by atoms with E-state index in [1.165, 1.54) is 0 Å². The molecule has 142 valence electrons. The van der Waals surface area contributed by atoms with Crippen LogP contribution in [0.3, 0.4) is 0 Å². The summed E-state index contributed by atoms with van der Waals surface area (Å²) in [6, 6.07) is 16.9. The smallest absolute Gasteiger partial charge is 0.349 e. The second-order valence-corrected chi connectivity index (χ2v) is 7.19. The number of aromatic nitrogens is 1. The van der Waals surface area contributed by atoms with E-state index >= 15 is 0 Å². The van der Waals surface area contributed by atoms with E-state index in [0.717, 1.165) is 21.9 Å². The highest BCUT2D eigenvalue weighted by Crippen LogP contribution is 2.20. The summed E-state index contributed by atoms with van der Waals surface area (Å²) >= 11 is 0. The number of rotatable bonds is 5. The Hall–Kier alpha value is -3.34. The van der Waals surface area contributed by atoms with Gasteiger partial charge in [-0.2, -0.15) is 0 Å². The summed E-state index contributed by atoms with van der Waals surface area (Å²) in [7, 11) is 0. The molecule has 0 aliphatic rings. The van der Waals surface area contributed by atoms with Gasteiger partial charge in [0.2, 0.25) is 0 Å². The van der Waals surface area contributed by atoms with E-state index in [2.05, 4.69) is 11.1 Å². The van der Waals surface area contributed by atoms with Crippen molar-refractivity contribution in [3.8, 4) is 0 Å². The Bertz CT molecular complexity index is 1200. The summed E-state index contributed by atoms with van der Waals surface area (Å²) in [6.45, 7) is 4.43. The van der Waals surface area contributed by atoms with Crippen LogP contribution in [-0.4, -0.2) is 28.4 Å². The number of hydrogen-bond acceptors (Lipinski definition) is 3. The minimum absolute atomic E-state index is 0.0384. The first-order valence-corrected chi connectivity index (χ1v) is 9.43. The van der Waals surface area contributed by atoms with Gasteiger partial charge in [0.1, 0.15) is 11.1 Å². The van der Waals surface area contributed by atoms with Gasteiger partial charge in [-0.25, -0.2) is 4.79 Å². The van der Waals surface area contributed by atoms with E-state index in [9.17, 15) is 9.59 Å². The van der Waals surface area contributed by atoms with E-state index in [1.807, 2.05) is 50.4 Å². The molecule has 5 heteroatoms. The Kier molecular flexibility index (Phi) is 4.74. The summed E-state index contributed by atoms with van der Waals surface area (Å²) in [5.74, 6) is -0.297. The third-order valence-electron chi connectivity index (χ3n) is 5.05. The lowest BCUT2D eigenvalue weighted by Gasteiger charge is -2.26. The van der Waals surface area contributed by atoms with Gasteiger partial charge in [-0.3, -0.25) is 4.79 Å². The molecule has 0 spiro atoms. The SMILES string of the molecule is CC(C)N(CCc1c[nH]c2ccccc12)C(=O)c1cc2ccccc2oc1=O. The fourth-order valence-corrected chi connectivity index (χ4v) is 3.54. The fourth-order valence-electron chi connectivity index (χ4n) is 3.54. The molecule has 1 amide bonds. The fraction of sp³-hybridized carbons (Fsp3) is 0.217. The number of aromatic amines is 1. The normalized spacial score (nSPS) is 11.4. The van der Waals surface area contributed by atoms with Crippen molar-refractivity contribution in [1.82, 2.24) is 9.88 Å². The van der Waals surface area contributed by atoms with Crippen LogP contribution in [0.2, 0.25) is 0 Å². The predicted molar refractivity (Wildman–Crippen MR) is 111 cm³/mol. The van der Waals surface area contributed by atoms with Crippen molar-refractivity contribution >= 4 is 27.8 Å². The molecule has 0 fully saturated rings. The van der Waals surface area contributed by atoms with Crippen LogP contribution in [0.4, 0.5) is 0 Å². The molecule has 0 unspecified atom stereocenters. The van der Waals surface area contributed by atoms with Crippen molar-refractivity contribution in [3.63, 3.8) is 0 Å². The highest BCUT2D eigenvalue weighted by molar-refractivity contribution is 5.96. The zero-order valence-electron chi connectivity index (χ0n) is 15.9. The minimum atomic E-state index is -0.596. The third kappa shape index (κ3) is 3.31. The van der Waals surface area contributed by atoms with E-state index in [-0.39, 0.29) is 17.5 Å². The molecule has 4 rings (SSSR count). The number of carbonyl (C=O) groups excluding carboxylic acids is 1. The van der Waals surface area contributed by atoms with E-state index < -0.39 is 5.63 Å². The summed E-state index contributed by atoms with van der Waals surface area (Å²) in [4.78, 5) is 30.5. The predicted octanol–water partition coefficient (Wildman–Crippen LogP) is 4.37. The maximum absolute atomic E-state index is 13.1. The van der Waals surface area contributed by atoms with E-state index in [0.29, 0.717) is 18.5 Å². The molecule has 2 aromatic heterocycles. The van der Waals surface area contributed by atoms with Crippen molar-refractivity contribution in [2.45, 2.75) is 26.3 Å². The molecular weight excluding hydrogens is 352 g/mol. The van der Waals surface area contributed by atoms with Crippen molar-refractivity contribution in [2.24, 2.45) is 0 Å². The molecule has 28 heavy (non-hydrogen) atoms. The first kappa shape index (κ1) is 18.0. The van der Waals surface area contributed by atoms with Gasteiger partial charge in [-0.1, -0.05) is 36.4 Å². The monoisotopic (exact) mass is 374 g/mol. The summed E-state index contributed by atoms with van der Waals surface area (Å²) in [6.07, 6.45) is 2.69. The molecule has 5 nitrogen and oxygen atoms in total. The van der Waals surface area contributed by atoms with Crippen LogP contribution >= 0.6 is 0 Å². The Morgan fingerprint density at radius 3 is 2.68 bits per heavy atom. The number of carbonyl (C=O) groups is 1. The van der Waals surface area contributed by atoms with Gasteiger partial charge in [0.05, 0.1) is 0 Å². The molecule has 0 bridgehead atoms. The van der Waals surface area contributed by atoms with Gasteiger partial charge in [0.15, 0.2) is 0 Å². The molecule has 4 aromatic rings. The molecule has 0 aliphatic heterocycles. The first-order chi connectivity index (χ1) is 13.5. The van der Waals surface area contributed by atoms with Crippen molar-refractivity contribution in [3.05, 3.63) is 82.3 Å². The van der Waals surface area contributed by atoms with Gasteiger partial charge in [0, 0.05) is 35.1 Å². The van der Waals surface area contributed by atoms with Crippen LogP contribution in [-0.2, 0) is 6.42 Å². The van der Waals surface area contributed by atoms with Gasteiger partial charge in [-0.05, 0) is 44.0 Å². The largest absolute Gasteiger partial charge is 0.422 e. The van der Waals surface area contributed by atoms with Crippen LogP contribution in [0, 0.1) is 0 Å². The summed E-state index contributed by atoms with van der Waals surface area (Å²) < 4.78 is 5.34. The van der Waals surface area contributed by atoms with Crippen molar-refractivity contribution < 1.29 is 9.21 Å². The molecule has 2 heterocycles. The number of benzene rings is 2. The van der Waals surface area contributed by atoms with Gasteiger partial charge < -0.3 is 14.3 Å². The third-order valence-corrected chi connectivity index (χ3v) is 5.05. The number of nitrogens with one attached hydrogen (secondary N) is 1. The Labute approximate surface area is 162 Å². The molecular formula is C23H22N2O3. The van der Waals surface area contributed by atoms with Crippen LogP contribution in [0.15, 0.2) is 70.0 Å². The highest BCUT2D eigenvalue weighted by Gasteiger charge is 2.23. The second kappa shape index (κ2) is 7.35. The lowest BCUT2D eigenvalue weighted by atomic mass is 10.1. The van der Waals surface area contributed by atoms with Crippen LogP contribution in [0.1, 0.15) is 29.8 Å². The van der Waals surface area contributed by atoms with Crippen molar-refractivity contribution in [2.75, 3.05) is 6.54 Å². The summed E-state index contributed by atoms with van der Waals surface area (Å²) in [5, 5.41) is 1.90. The lowest BCUT2D eigenvalue weighted by molar-refractivity contribution is 0.0704. The maximum atomic E-state index is 13.1. The average Bonchev–Trinajstić information content (AvgIpc) is 3.10. The number of hydrogen-bond donors (Lipinski definition) is 1. The zero-order valence-corrected chi connectivity index (χ0v) is 15.9. The number of para-hydroxylation sites is 2. The van der Waals surface area contributed by atoms with Gasteiger partial charge in [-0.15, -0.1) is 0 Å². The van der Waals surface area contributed by atoms with Gasteiger partial charge >= 0.3 is 5.63 Å². The molecule has 0 atom stereocenters. The standard InChI is InChI=1S/C23H22N2O3/c1-15(2)25(12-11-17-14-24-20-9-5-4-8-18(17)20)22(26)19-13-16-7-3-6-10-21(16)28-23(19)27/h3-10,13-15,24H,11-12H2,1-2H3. The Balaban J connectivity index is 1.62. The zero-order chi connectivity index (χ0) is 19.7.